The SMILES string of the molecule is Cn1cnc(CNC(Cc2cccs2)c2cccs2)n1. The number of aryl methyl sites for hydroxylation is 1. The highest BCUT2D eigenvalue weighted by atomic mass is 32.1. The van der Waals surface area contributed by atoms with Gasteiger partial charge in [0.25, 0.3) is 0 Å². The van der Waals surface area contributed by atoms with Crippen molar-refractivity contribution < 1.29 is 0 Å². The van der Waals surface area contributed by atoms with E-state index in [9.17, 15) is 0 Å². The Morgan fingerprint density at radius 3 is 2.75 bits per heavy atom. The van der Waals surface area contributed by atoms with Gasteiger partial charge in [0, 0.05) is 29.3 Å². The number of hydrogen-bond donors (Lipinski definition) is 1. The summed E-state index contributed by atoms with van der Waals surface area (Å²) in [7, 11) is 1.89. The van der Waals surface area contributed by atoms with E-state index in [0.29, 0.717) is 12.6 Å². The lowest BCUT2D eigenvalue weighted by Crippen LogP contribution is -2.22. The summed E-state index contributed by atoms with van der Waals surface area (Å²) in [5.74, 6) is 0.834. The molecule has 3 heterocycles. The summed E-state index contributed by atoms with van der Waals surface area (Å²) in [4.78, 5) is 7.01. The number of nitrogens with zero attached hydrogens (tertiary/aromatic N) is 3. The molecular formula is C14H16N4S2. The highest BCUT2D eigenvalue weighted by Crippen LogP contribution is 2.25. The third kappa shape index (κ3) is 3.33. The highest BCUT2D eigenvalue weighted by molar-refractivity contribution is 7.10. The molecule has 0 saturated carbocycles. The molecule has 0 aliphatic rings. The molecule has 20 heavy (non-hydrogen) atoms. The zero-order valence-corrected chi connectivity index (χ0v) is 12.8. The van der Waals surface area contributed by atoms with Gasteiger partial charge in [-0.05, 0) is 22.9 Å². The Morgan fingerprint density at radius 2 is 2.10 bits per heavy atom. The van der Waals surface area contributed by atoms with Crippen molar-refractivity contribution in [3.63, 3.8) is 0 Å². The molecule has 3 aromatic rings. The molecule has 1 N–H and O–H groups in total. The molecule has 0 bridgehead atoms. The monoisotopic (exact) mass is 304 g/mol. The number of thiophene rings is 2. The first-order valence-corrected chi connectivity index (χ1v) is 8.21. The Morgan fingerprint density at radius 1 is 1.25 bits per heavy atom. The number of hydrogen-bond acceptors (Lipinski definition) is 5. The van der Waals surface area contributed by atoms with Gasteiger partial charge in [-0.2, -0.15) is 5.10 Å². The Balaban J connectivity index is 1.69. The second-order valence-corrected chi connectivity index (χ2v) is 6.58. The summed E-state index contributed by atoms with van der Waals surface area (Å²) in [6, 6.07) is 8.89. The van der Waals surface area contributed by atoms with Gasteiger partial charge in [0.15, 0.2) is 5.82 Å². The van der Waals surface area contributed by atoms with Crippen LogP contribution in [-0.4, -0.2) is 14.8 Å². The van der Waals surface area contributed by atoms with Crippen LogP contribution in [0.4, 0.5) is 0 Å². The largest absolute Gasteiger partial charge is 0.302 e. The molecule has 0 aliphatic carbocycles. The van der Waals surface area contributed by atoms with Crippen LogP contribution < -0.4 is 5.32 Å². The van der Waals surface area contributed by atoms with E-state index in [1.54, 1.807) is 33.7 Å². The Kier molecular flexibility index (Phi) is 4.25. The first-order chi connectivity index (χ1) is 9.81. The molecule has 0 radical (unpaired) electrons. The van der Waals surface area contributed by atoms with Crippen LogP contribution in [0.3, 0.4) is 0 Å². The molecule has 6 heteroatoms. The average Bonchev–Trinajstić information content (AvgIpc) is 3.17. The molecule has 0 aliphatic heterocycles. The molecule has 1 atom stereocenters. The summed E-state index contributed by atoms with van der Waals surface area (Å²) in [6.07, 6.45) is 2.74. The third-order valence-corrected chi connectivity index (χ3v) is 4.91. The van der Waals surface area contributed by atoms with Crippen molar-refractivity contribution in [1.82, 2.24) is 20.1 Å². The molecule has 0 aromatic carbocycles. The van der Waals surface area contributed by atoms with E-state index in [1.165, 1.54) is 9.75 Å². The van der Waals surface area contributed by atoms with Gasteiger partial charge in [0.2, 0.25) is 0 Å². The summed E-state index contributed by atoms with van der Waals surface area (Å²) < 4.78 is 1.73. The van der Waals surface area contributed by atoms with Crippen LogP contribution in [0.1, 0.15) is 21.6 Å². The van der Waals surface area contributed by atoms with E-state index in [0.717, 1.165) is 12.2 Å². The summed E-state index contributed by atoms with van der Waals surface area (Å²) in [6.45, 7) is 0.689. The minimum Gasteiger partial charge on any atom is -0.302 e. The molecular weight excluding hydrogens is 288 g/mol. The molecule has 0 spiro atoms. The van der Waals surface area contributed by atoms with E-state index in [1.807, 2.05) is 7.05 Å². The summed E-state index contributed by atoms with van der Waals surface area (Å²) >= 11 is 3.59. The fourth-order valence-electron chi connectivity index (χ4n) is 2.07. The van der Waals surface area contributed by atoms with Gasteiger partial charge in [-0.15, -0.1) is 22.7 Å². The normalized spacial score (nSPS) is 12.7. The van der Waals surface area contributed by atoms with Gasteiger partial charge >= 0.3 is 0 Å². The molecule has 4 nitrogen and oxygen atoms in total. The van der Waals surface area contributed by atoms with Crippen LogP contribution >= 0.6 is 22.7 Å². The number of nitrogens with one attached hydrogen (secondary N) is 1. The summed E-state index contributed by atoms with van der Waals surface area (Å²) in [5.41, 5.74) is 0. The molecule has 3 aromatic heterocycles. The fraction of sp³-hybridized carbons (Fsp3) is 0.286. The first-order valence-electron chi connectivity index (χ1n) is 6.45. The van der Waals surface area contributed by atoms with Crippen molar-refractivity contribution in [2.45, 2.75) is 19.0 Å². The topological polar surface area (TPSA) is 42.7 Å². The van der Waals surface area contributed by atoms with Gasteiger partial charge in [-0.1, -0.05) is 12.1 Å². The maximum Gasteiger partial charge on any atom is 0.164 e. The highest BCUT2D eigenvalue weighted by Gasteiger charge is 2.14. The van der Waals surface area contributed by atoms with E-state index < -0.39 is 0 Å². The van der Waals surface area contributed by atoms with Crippen molar-refractivity contribution >= 4 is 22.7 Å². The van der Waals surface area contributed by atoms with Crippen LogP contribution in [0.5, 0.6) is 0 Å². The maximum atomic E-state index is 4.31. The standard InChI is InChI=1S/C14H16N4S2/c1-18-10-16-14(17-18)9-15-12(13-5-3-7-20-13)8-11-4-2-6-19-11/h2-7,10,12,15H,8-9H2,1H3. The molecule has 0 fully saturated rings. The predicted octanol–water partition coefficient (Wildman–Crippen LogP) is 3.01. The van der Waals surface area contributed by atoms with Crippen molar-refractivity contribution in [3.05, 3.63) is 56.9 Å². The second-order valence-electron chi connectivity index (χ2n) is 4.57. The lowest BCUT2D eigenvalue weighted by molar-refractivity contribution is 0.527. The van der Waals surface area contributed by atoms with Crippen LogP contribution in [-0.2, 0) is 20.0 Å². The minimum absolute atomic E-state index is 0.317. The zero-order chi connectivity index (χ0) is 13.8. The minimum atomic E-state index is 0.317. The van der Waals surface area contributed by atoms with Gasteiger partial charge < -0.3 is 5.32 Å². The van der Waals surface area contributed by atoms with E-state index in [4.69, 9.17) is 0 Å². The Bertz CT molecular complexity index is 628. The lowest BCUT2D eigenvalue weighted by Gasteiger charge is -2.15. The fourth-order valence-corrected chi connectivity index (χ4v) is 3.63. The smallest absolute Gasteiger partial charge is 0.164 e. The molecule has 0 saturated heterocycles. The molecule has 104 valence electrons. The van der Waals surface area contributed by atoms with Crippen molar-refractivity contribution in [2.24, 2.45) is 7.05 Å². The van der Waals surface area contributed by atoms with Crippen LogP contribution in [0.15, 0.2) is 41.4 Å². The second kappa shape index (κ2) is 6.30. The van der Waals surface area contributed by atoms with Crippen LogP contribution in [0.25, 0.3) is 0 Å². The van der Waals surface area contributed by atoms with Gasteiger partial charge in [0.1, 0.15) is 6.33 Å². The van der Waals surface area contributed by atoms with Gasteiger partial charge in [-0.3, -0.25) is 4.68 Å². The Hall–Kier alpha value is -1.50. The third-order valence-electron chi connectivity index (χ3n) is 3.03. The van der Waals surface area contributed by atoms with Crippen LogP contribution in [0, 0.1) is 0 Å². The Labute approximate surface area is 126 Å². The van der Waals surface area contributed by atoms with Crippen LogP contribution in [0.2, 0.25) is 0 Å². The quantitative estimate of drug-likeness (QED) is 0.761. The molecule has 3 rings (SSSR count). The van der Waals surface area contributed by atoms with Gasteiger partial charge in [0.05, 0.1) is 6.54 Å². The summed E-state index contributed by atoms with van der Waals surface area (Å²) in [5, 5.41) is 12.1. The first kappa shape index (κ1) is 13.5. The molecule has 0 amide bonds. The maximum absolute atomic E-state index is 4.31. The number of aromatic nitrogens is 3. The predicted molar refractivity (Wildman–Crippen MR) is 82.9 cm³/mol. The average molecular weight is 304 g/mol. The van der Waals surface area contributed by atoms with E-state index in [2.05, 4.69) is 50.4 Å². The van der Waals surface area contributed by atoms with E-state index >= 15 is 0 Å². The van der Waals surface area contributed by atoms with Crippen molar-refractivity contribution in [2.75, 3.05) is 0 Å². The van der Waals surface area contributed by atoms with Crippen molar-refractivity contribution in [3.8, 4) is 0 Å². The van der Waals surface area contributed by atoms with E-state index in [-0.39, 0.29) is 0 Å². The van der Waals surface area contributed by atoms with Crippen molar-refractivity contribution in [1.29, 1.82) is 0 Å². The van der Waals surface area contributed by atoms with Gasteiger partial charge in [-0.25, -0.2) is 4.98 Å². The zero-order valence-electron chi connectivity index (χ0n) is 11.2. The number of rotatable bonds is 6. The molecule has 1 unspecified atom stereocenters. The lowest BCUT2D eigenvalue weighted by atomic mass is 10.1.